The van der Waals surface area contributed by atoms with Crippen LogP contribution in [0.5, 0.6) is 11.6 Å². The molecule has 5 heteroatoms. The molecule has 0 N–H and O–H groups in total. The Kier molecular flexibility index (Phi) is 4.74. The SMILES string of the molecule is COc1cc(CC(Br)c2ccccc2OC)ncn1. The van der Waals surface area contributed by atoms with Crippen molar-refractivity contribution in [3.63, 3.8) is 0 Å². The number of methoxy groups -OCH3 is 2. The smallest absolute Gasteiger partial charge is 0.216 e. The maximum Gasteiger partial charge on any atom is 0.216 e. The number of rotatable bonds is 5. The van der Waals surface area contributed by atoms with Gasteiger partial charge in [-0.25, -0.2) is 9.97 Å². The molecule has 0 aliphatic rings. The van der Waals surface area contributed by atoms with Gasteiger partial charge in [-0.2, -0.15) is 0 Å². The summed E-state index contributed by atoms with van der Waals surface area (Å²) < 4.78 is 10.5. The fourth-order valence-corrected chi connectivity index (χ4v) is 2.53. The van der Waals surface area contributed by atoms with Crippen molar-refractivity contribution in [2.45, 2.75) is 11.2 Å². The van der Waals surface area contributed by atoms with E-state index in [2.05, 4.69) is 25.9 Å². The number of nitrogens with zero attached hydrogens (tertiary/aromatic N) is 2. The molecular weight excluding hydrogens is 308 g/mol. The average Bonchev–Trinajstić information content (AvgIpc) is 2.47. The van der Waals surface area contributed by atoms with Gasteiger partial charge in [0.2, 0.25) is 5.88 Å². The van der Waals surface area contributed by atoms with E-state index in [0.29, 0.717) is 5.88 Å². The number of benzene rings is 1. The van der Waals surface area contributed by atoms with Gasteiger partial charge in [-0.3, -0.25) is 0 Å². The molecule has 2 aromatic rings. The molecule has 1 unspecified atom stereocenters. The molecule has 19 heavy (non-hydrogen) atoms. The van der Waals surface area contributed by atoms with Crippen LogP contribution < -0.4 is 9.47 Å². The van der Waals surface area contributed by atoms with Crippen LogP contribution in [-0.4, -0.2) is 24.2 Å². The van der Waals surface area contributed by atoms with Gasteiger partial charge in [-0.15, -0.1) is 0 Å². The molecule has 0 radical (unpaired) electrons. The summed E-state index contributed by atoms with van der Waals surface area (Å²) in [6.45, 7) is 0. The van der Waals surface area contributed by atoms with Crippen LogP contribution in [-0.2, 0) is 6.42 Å². The molecule has 0 amide bonds. The number of hydrogen-bond acceptors (Lipinski definition) is 4. The van der Waals surface area contributed by atoms with Crippen molar-refractivity contribution in [2.75, 3.05) is 14.2 Å². The van der Waals surface area contributed by atoms with Crippen LogP contribution >= 0.6 is 15.9 Å². The van der Waals surface area contributed by atoms with Crippen molar-refractivity contribution < 1.29 is 9.47 Å². The number of halogens is 1. The van der Waals surface area contributed by atoms with Crippen molar-refractivity contribution >= 4 is 15.9 Å². The van der Waals surface area contributed by atoms with Gasteiger partial charge in [0.05, 0.1) is 14.2 Å². The molecule has 4 nitrogen and oxygen atoms in total. The molecule has 2 rings (SSSR count). The third-order valence-corrected chi connectivity index (χ3v) is 3.59. The van der Waals surface area contributed by atoms with Crippen LogP contribution in [0.1, 0.15) is 16.1 Å². The third-order valence-electron chi connectivity index (χ3n) is 2.77. The summed E-state index contributed by atoms with van der Waals surface area (Å²) >= 11 is 3.68. The summed E-state index contributed by atoms with van der Waals surface area (Å²) in [6, 6.07) is 9.77. The minimum absolute atomic E-state index is 0.128. The zero-order valence-corrected chi connectivity index (χ0v) is 12.4. The van der Waals surface area contributed by atoms with E-state index < -0.39 is 0 Å². The van der Waals surface area contributed by atoms with E-state index in [4.69, 9.17) is 9.47 Å². The van der Waals surface area contributed by atoms with Gasteiger partial charge in [0, 0.05) is 28.6 Å². The average molecular weight is 323 g/mol. The first-order valence-electron chi connectivity index (χ1n) is 5.86. The molecule has 1 aromatic heterocycles. The second-order valence-electron chi connectivity index (χ2n) is 3.97. The normalized spacial score (nSPS) is 11.9. The van der Waals surface area contributed by atoms with Gasteiger partial charge in [0.1, 0.15) is 12.1 Å². The van der Waals surface area contributed by atoms with E-state index in [-0.39, 0.29) is 4.83 Å². The second-order valence-corrected chi connectivity index (χ2v) is 5.07. The number of ether oxygens (including phenoxy) is 2. The molecule has 0 fully saturated rings. The molecule has 0 saturated heterocycles. The maximum absolute atomic E-state index is 5.36. The fraction of sp³-hybridized carbons (Fsp3) is 0.286. The van der Waals surface area contributed by atoms with Crippen LogP contribution in [0, 0.1) is 0 Å². The predicted octanol–water partition coefficient (Wildman–Crippen LogP) is 3.17. The van der Waals surface area contributed by atoms with E-state index in [0.717, 1.165) is 23.4 Å². The van der Waals surface area contributed by atoms with E-state index in [1.54, 1.807) is 14.2 Å². The zero-order chi connectivity index (χ0) is 13.7. The van der Waals surface area contributed by atoms with Gasteiger partial charge in [-0.05, 0) is 6.07 Å². The summed E-state index contributed by atoms with van der Waals surface area (Å²) in [5, 5.41) is 0. The van der Waals surface area contributed by atoms with Gasteiger partial charge in [0.15, 0.2) is 0 Å². The highest BCUT2D eigenvalue weighted by Crippen LogP contribution is 2.33. The first-order valence-corrected chi connectivity index (χ1v) is 6.78. The topological polar surface area (TPSA) is 44.2 Å². The van der Waals surface area contributed by atoms with Crippen molar-refractivity contribution in [3.05, 3.63) is 47.9 Å². The summed E-state index contributed by atoms with van der Waals surface area (Å²) in [6.07, 6.45) is 2.25. The van der Waals surface area contributed by atoms with E-state index in [9.17, 15) is 0 Å². The highest BCUT2D eigenvalue weighted by atomic mass is 79.9. The first kappa shape index (κ1) is 13.8. The van der Waals surface area contributed by atoms with Gasteiger partial charge in [0.25, 0.3) is 0 Å². The second kappa shape index (κ2) is 6.52. The minimum Gasteiger partial charge on any atom is -0.496 e. The van der Waals surface area contributed by atoms with Crippen LogP contribution in [0.4, 0.5) is 0 Å². The molecular formula is C14H15BrN2O2. The molecule has 0 aliphatic heterocycles. The molecule has 1 atom stereocenters. The lowest BCUT2D eigenvalue weighted by molar-refractivity contribution is 0.395. The van der Waals surface area contributed by atoms with Crippen LogP contribution in [0.15, 0.2) is 36.7 Å². The molecule has 0 aliphatic carbocycles. The monoisotopic (exact) mass is 322 g/mol. The Morgan fingerprint density at radius 2 is 1.95 bits per heavy atom. The first-order chi connectivity index (χ1) is 9.24. The number of para-hydroxylation sites is 1. The fourth-order valence-electron chi connectivity index (χ4n) is 1.82. The quantitative estimate of drug-likeness (QED) is 0.793. The zero-order valence-electron chi connectivity index (χ0n) is 10.8. The summed E-state index contributed by atoms with van der Waals surface area (Å²) in [7, 11) is 3.27. The highest BCUT2D eigenvalue weighted by Gasteiger charge is 2.14. The van der Waals surface area contributed by atoms with Gasteiger partial charge >= 0.3 is 0 Å². The Labute approximate surface area is 120 Å². The molecule has 0 saturated carbocycles. The van der Waals surface area contributed by atoms with E-state index >= 15 is 0 Å². The molecule has 1 heterocycles. The van der Waals surface area contributed by atoms with Crippen LogP contribution in [0.2, 0.25) is 0 Å². The minimum atomic E-state index is 0.128. The maximum atomic E-state index is 5.36. The van der Waals surface area contributed by atoms with Crippen molar-refractivity contribution in [3.8, 4) is 11.6 Å². The number of hydrogen-bond donors (Lipinski definition) is 0. The Morgan fingerprint density at radius 3 is 2.68 bits per heavy atom. The standard InChI is InChI=1S/C14H15BrN2O2/c1-18-13-6-4-3-5-11(13)12(15)7-10-8-14(19-2)17-9-16-10/h3-6,8-9,12H,7H2,1-2H3. The highest BCUT2D eigenvalue weighted by molar-refractivity contribution is 9.09. The van der Waals surface area contributed by atoms with E-state index in [1.165, 1.54) is 6.33 Å². The lowest BCUT2D eigenvalue weighted by Crippen LogP contribution is -2.01. The van der Waals surface area contributed by atoms with Gasteiger partial charge in [-0.1, -0.05) is 34.1 Å². The van der Waals surface area contributed by atoms with Crippen LogP contribution in [0.3, 0.4) is 0 Å². The number of alkyl halides is 1. The molecule has 0 bridgehead atoms. The van der Waals surface area contributed by atoms with Crippen molar-refractivity contribution in [1.82, 2.24) is 9.97 Å². The molecule has 0 spiro atoms. The van der Waals surface area contributed by atoms with Crippen molar-refractivity contribution in [2.24, 2.45) is 0 Å². The van der Waals surface area contributed by atoms with E-state index in [1.807, 2.05) is 30.3 Å². The lowest BCUT2D eigenvalue weighted by atomic mass is 10.1. The van der Waals surface area contributed by atoms with Crippen LogP contribution in [0.25, 0.3) is 0 Å². The largest absolute Gasteiger partial charge is 0.496 e. The molecule has 100 valence electrons. The predicted molar refractivity (Wildman–Crippen MR) is 77.0 cm³/mol. The Bertz CT molecular complexity index is 548. The third kappa shape index (κ3) is 3.44. The summed E-state index contributed by atoms with van der Waals surface area (Å²) in [5.41, 5.74) is 2.02. The number of aromatic nitrogens is 2. The summed E-state index contributed by atoms with van der Waals surface area (Å²) in [5.74, 6) is 1.44. The lowest BCUT2D eigenvalue weighted by Gasteiger charge is -2.13. The summed E-state index contributed by atoms with van der Waals surface area (Å²) in [4.78, 5) is 8.37. The van der Waals surface area contributed by atoms with Gasteiger partial charge < -0.3 is 9.47 Å². The Hall–Kier alpha value is -1.62. The Morgan fingerprint density at radius 1 is 1.16 bits per heavy atom. The Balaban J connectivity index is 2.18. The van der Waals surface area contributed by atoms with Crippen molar-refractivity contribution in [1.29, 1.82) is 0 Å². The molecule has 1 aromatic carbocycles.